The number of aliphatic hydroxyl groups is 2. The average molecular weight is 1320 g/mol. The second-order valence-corrected chi connectivity index (χ2v) is 29.5. The maximum Gasteiger partial charge on any atom is 0.305 e. The molecule has 94 heavy (non-hydrogen) atoms. The molecule has 2 unspecified atom stereocenters. The molecule has 6 nitrogen and oxygen atoms in total. The Bertz CT molecular complexity index is 1570. The van der Waals surface area contributed by atoms with Crippen LogP contribution in [0.2, 0.25) is 0 Å². The van der Waals surface area contributed by atoms with E-state index in [2.05, 4.69) is 55.6 Å². The molecule has 0 heterocycles. The van der Waals surface area contributed by atoms with Crippen LogP contribution >= 0.6 is 0 Å². The summed E-state index contributed by atoms with van der Waals surface area (Å²) in [5, 5.41) is 23.3. The zero-order valence-corrected chi connectivity index (χ0v) is 63.7. The third-order valence-corrected chi connectivity index (χ3v) is 20.1. The fourth-order valence-electron chi connectivity index (χ4n) is 13.5. The Kier molecular flexibility index (Phi) is 81.3. The normalized spacial score (nSPS) is 12.7. The summed E-state index contributed by atoms with van der Waals surface area (Å²) in [5.41, 5.74) is 0. The van der Waals surface area contributed by atoms with Crippen molar-refractivity contribution in [2.45, 2.75) is 488 Å². The third-order valence-electron chi connectivity index (χ3n) is 20.1. The molecule has 0 aromatic carbocycles. The Balaban J connectivity index is 3.39. The number of rotatable bonds is 81. The number of carbonyl (C=O) groups excluding carboxylic acids is 2. The maximum absolute atomic E-state index is 12.6. The summed E-state index contributed by atoms with van der Waals surface area (Å²) in [4.78, 5) is 24.7. The van der Waals surface area contributed by atoms with Crippen LogP contribution < -0.4 is 5.32 Å². The van der Waals surface area contributed by atoms with Gasteiger partial charge < -0.3 is 20.3 Å². The first-order valence-electron chi connectivity index (χ1n) is 42.9. The van der Waals surface area contributed by atoms with Gasteiger partial charge in [0.2, 0.25) is 5.91 Å². The van der Waals surface area contributed by atoms with Crippen molar-refractivity contribution in [2.75, 3.05) is 13.2 Å². The summed E-state index contributed by atoms with van der Waals surface area (Å²) in [6.45, 7) is 4.95. The first kappa shape index (κ1) is 91.8. The van der Waals surface area contributed by atoms with Gasteiger partial charge in [0.25, 0.3) is 0 Å². The van der Waals surface area contributed by atoms with E-state index in [4.69, 9.17) is 4.74 Å². The van der Waals surface area contributed by atoms with Gasteiger partial charge in [-0.15, -0.1) is 0 Å². The van der Waals surface area contributed by atoms with Crippen molar-refractivity contribution >= 4 is 11.9 Å². The van der Waals surface area contributed by atoms with E-state index in [1.54, 1.807) is 6.08 Å². The van der Waals surface area contributed by atoms with Crippen molar-refractivity contribution in [3.8, 4) is 0 Å². The molecule has 0 rings (SSSR count). The minimum atomic E-state index is -0.845. The van der Waals surface area contributed by atoms with Crippen molar-refractivity contribution in [1.82, 2.24) is 5.32 Å². The summed E-state index contributed by atoms with van der Waals surface area (Å²) in [5.74, 6) is -0.0462. The molecule has 0 spiro atoms. The van der Waals surface area contributed by atoms with E-state index in [0.29, 0.717) is 19.4 Å². The minimum Gasteiger partial charge on any atom is -0.466 e. The molecule has 0 aromatic heterocycles. The second-order valence-electron chi connectivity index (χ2n) is 29.5. The Morgan fingerprint density at radius 2 is 0.532 bits per heavy atom. The molecule has 6 heteroatoms. The van der Waals surface area contributed by atoms with Gasteiger partial charge in [0.15, 0.2) is 0 Å². The van der Waals surface area contributed by atoms with Gasteiger partial charge in [0.05, 0.1) is 25.4 Å². The average Bonchev–Trinajstić information content (AvgIpc) is 3.68. The highest BCUT2D eigenvalue weighted by molar-refractivity contribution is 5.76. The predicted octanol–water partition coefficient (Wildman–Crippen LogP) is 28.7. The summed E-state index contributed by atoms with van der Waals surface area (Å²) in [6.07, 6.45) is 111. The monoisotopic (exact) mass is 1320 g/mol. The summed E-state index contributed by atoms with van der Waals surface area (Å²) in [7, 11) is 0. The zero-order chi connectivity index (χ0) is 67.7. The molecule has 0 aromatic rings. The molecule has 1 amide bonds. The number of amides is 1. The fraction of sp³-hybridized carbons (Fsp3) is 0.886. The van der Waals surface area contributed by atoms with Gasteiger partial charge in [0, 0.05) is 12.8 Å². The topological polar surface area (TPSA) is 95.9 Å². The number of carbonyl (C=O) groups is 2. The van der Waals surface area contributed by atoms with Crippen LogP contribution in [0.25, 0.3) is 0 Å². The smallest absolute Gasteiger partial charge is 0.305 e. The highest BCUT2D eigenvalue weighted by atomic mass is 16.5. The highest BCUT2D eigenvalue weighted by Crippen LogP contribution is 2.20. The SMILES string of the molecule is CCCCCCCCC/C=C\CCCCCCCCCC(=O)OCCCCCCCCCCCCC/C=C\C/C=C\CCCCCCCCCCCCCCCCCCCC(=O)NC(CO)C(O)/C=C/CCCCCCCCCCCCCCCCCCCCCCCC. The van der Waals surface area contributed by atoms with E-state index in [1.165, 1.54) is 398 Å². The molecule has 554 valence electrons. The Morgan fingerprint density at radius 3 is 0.819 bits per heavy atom. The lowest BCUT2D eigenvalue weighted by molar-refractivity contribution is -0.143. The number of ether oxygens (including phenoxy) is 1. The first-order valence-corrected chi connectivity index (χ1v) is 42.9. The summed E-state index contributed by atoms with van der Waals surface area (Å²) >= 11 is 0. The molecule has 0 radical (unpaired) electrons. The molecular formula is C88H167NO5. The first-order chi connectivity index (χ1) is 46.5. The number of esters is 1. The van der Waals surface area contributed by atoms with Gasteiger partial charge in [-0.25, -0.2) is 0 Å². The summed E-state index contributed by atoms with van der Waals surface area (Å²) in [6, 6.07) is -0.628. The largest absolute Gasteiger partial charge is 0.466 e. The Hall–Kier alpha value is -2.18. The lowest BCUT2D eigenvalue weighted by atomic mass is 10.0. The highest BCUT2D eigenvalue weighted by Gasteiger charge is 2.18. The molecule has 0 aliphatic rings. The van der Waals surface area contributed by atoms with E-state index in [0.717, 1.165) is 51.4 Å². The van der Waals surface area contributed by atoms with E-state index in [-0.39, 0.29) is 18.5 Å². The Morgan fingerprint density at radius 1 is 0.298 bits per heavy atom. The third kappa shape index (κ3) is 78.8. The molecule has 0 saturated heterocycles. The molecule has 0 bridgehead atoms. The molecule has 3 N–H and O–H groups in total. The molecule has 0 aliphatic heterocycles. The van der Waals surface area contributed by atoms with Gasteiger partial charge in [-0.05, 0) is 89.9 Å². The van der Waals surface area contributed by atoms with Gasteiger partial charge in [-0.3, -0.25) is 9.59 Å². The van der Waals surface area contributed by atoms with Crippen LogP contribution in [-0.4, -0.2) is 47.4 Å². The van der Waals surface area contributed by atoms with Crippen molar-refractivity contribution < 1.29 is 24.5 Å². The van der Waals surface area contributed by atoms with Crippen LogP contribution in [0.3, 0.4) is 0 Å². The van der Waals surface area contributed by atoms with Gasteiger partial charge in [-0.2, -0.15) is 0 Å². The fourth-order valence-corrected chi connectivity index (χ4v) is 13.5. The predicted molar refractivity (Wildman–Crippen MR) is 416 cm³/mol. The maximum atomic E-state index is 12.6. The van der Waals surface area contributed by atoms with Crippen LogP contribution in [0.1, 0.15) is 476 Å². The lowest BCUT2D eigenvalue weighted by Gasteiger charge is -2.20. The number of nitrogens with one attached hydrogen (secondary N) is 1. The van der Waals surface area contributed by atoms with Gasteiger partial charge >= 0.3 is 5.97 Å². The van der Waals surface area contributed by atoms with Crippen molar-refractivity contribution in [3.05, 3.63) is 48.6 Å². The molecular weight excluding hydrogens is 1150 g/mol. The van der Waals surface area contributed by atoms with Crippen molar-refractivity contribution in [2.24, 2.45) is 0 Å². The molecule has 0 aliphatic carbocycles. The molecule has 0 fully saturated rings. The van der Waals surface area contributed by atoms with E-state index < -0.39 is 12.1 Å². The number of hydrogen-bond donors (Lipinski definition) is 3. The van der Waals surface area contributed by atoms with E-state index >= 15 is 0 Å². The van der Waals surface area contributed by atoms with Crippen LogP contribution in [0.15, 0.2) is 48.6 Å². The van der Waals surface area contributed by atoms with Crippen LogP contribution in [0.5, 0.6) is 0 Å². The van der Waals surface area contributed by atoms with Gasteiger partial charge in [-0.1, -0.05) is 422 Å². The number of aliphatic hydroxyl groups excluding tert-OH is 2. The van der Waals surface area contributed by atoms with E-state index in [1.807, 2.05) is 6.08 Å². The van der Waals surface area contributed by atoms with Crippen molar-refractivity contribution in [3.63, 3.8) is 0 Å². The Labute approximate surface area is 588 Å². The quantitative estimate of drug-likeness (QED) is 0.0320. The molecule has 0 saturated carbocycles. The van der Waals surface area contributed by atoms with E-state index in [9.17, 15) is 19.8 Å². The number of allylic oxidation sites excluding steroid dienone is 7. The lowest BCUT2D eigenvalue weighted by Crippen LogP contribution is -2.45. The van der Waals surface area contributed by atoms with Gasteiger partial charge in [0.1, 0.15) is 0 Å². The number of unbranched alkanes of at least 4 members (excludes halogenated alkanes) is 64. The standard InChI is InChI=1S/C88H167NO5/c1-3-5-7-9-11-13-15-17-19-21-23-24-25-39-42-45-48-52-56-60-64-68-72-76-80-86(91)85(84-90)89-87(92)81-77-73-69-65-61-57-53-49-46-43-40-37-35-33-31-29-27-26-28-30-32-34-36-38-41-44-47-51-55-59-63-67-71-75-79-83-94-88(93)82-78-74-70-66-62-58-54-50-22-20-18-16-14-12-10-8-6-4-2/h20,22,28,30,34,36,76,80,85-86,90-91H,3-19,21,23-27,29,31-33,35,37-75,77-79,81-84H2,1-2H3,(H,89,92)/b22-20-,30-28-,36-34-,80-76+. The minimum absolute atomic E-state index is 0.0144. The zero-order valence-electron chi connectivity index (χ0n) is 63.7. The van der Waals surface area contributed by atoms with Crippen LogP contribution in [0, 0.1) is 0 Å². The second kappa shape index (κ2) is 83.2. The van der Waals surface area contributed by atoms with Crippen molar-refractivity contribution in [1.29, 1.82) is 0 Å². The molecule has 2 atom stereocenters. The number of hydrogen-bond acceptors (Lipinski definition) is 5. The summed E-state index contributed by atoms with van der Waals surface area (Å²) < 4.78 is 5.51. The van der Waals surface area contributed by atoms with Crippen LogP contribution in [-0.2, 0) is 14.3 Å². The van der Waals surface area contributed by atoms with Crippen LogP contribution in [0.4, 0.5) is 0 Å².